The van der Waals surface area contributed by atoms with Crippen LogP contribution in [0, 0.1) is 6.92 Å². The molecule has 0 unspecified atom stereocenters. The van der Waals surface area contributed by atoms with Crippen molar-refractivity contribution in [1.29, 1.82) is 0 Å². The Kier molecular flexibility index (Phi) is 5.56. The van der Waals surface area contributed by atoms with Crippen LogP contribution in [-0.4, -0.2) is 34.1 Å². The van der Waals surface area contributed by atoms with Crippen LogP contribution in [0.3, 0.4) is 0 Å². The van der Waals surface area contributed by atoms with Crippen molar-refractivity contribution >= 4 is 11.9 Å². The minimum Gasteiger partial charge on any atom is -0.478 e. The summed E-state index contributed by atoms with van der Waals surface area (Å²) in [5, 5.41) is 9.59. The molecule has 0 atom stereocenters. The molecule has 0 amide bonds. The van der Waals surface area contributed by atoms with Gasteiger partial charge in [0.2, 0.25) is 5.95 Å². The molecule has 0 radical (unpaired) electrons. The first-order valence-corrected chi connectivity index (χ1v) is 10.1. The molecule has 1 aliphatic heterocycles. The third-order valence-corrected chi connectivity index (χ3v) is 5.68. The SMILES string of the molecule is Cc1ccccc1CCc1nc(N2CCc3ccccc3CC2)ncc1C(=O)O. The summed E-state index contributed by atoms with van der Waals surface area (Å²) in [4.78, 5) is 23.0. The molecule has 0 saturated heterocycles. The van der Waals surface area contributed by atoms with E-state index in [4.69, 9.17) is 4.98 Å². The number of hydrogen-bond donors (Lipinski definition) is 1. The molecule has 2 aromatic carbocycles. The van der Waals surface area contributed by atoms with Gasteiger partial charge in [0.05, 0.1) is 11.3 Å². The molecule has 1 aliphatic rings. The lowest BCUT2D eigenvalue weighted by Crippen LogP contribution is -2.28. The predicted molar refractivity (Wildman–Crippen MR) is 114 cm³/mol. The molecule has 0 fully saturated rings. The maximum absolute atomic E-state index is 11.7. The standard InChI is InChI=1S/C24H25N3O2/c1-17-6-2-3-7-18(17)10-11-22-21(23(28)29)16-25-24(26-22)27-14-12-19-8-4-5-9-20(19)13-15-27/h2-9,16H,10-15H2,1H3,(H,28,29). The quantitative estimate of drug-likeness (QED) is 0.720. The third kappa shape index (κ3) is 4.29. The topological polar surface area (TPSA) is 66.3 Å². The van der Waals surface area contributed by atoms with Gasteiger partial charge in [-0.05, 0) is 54.9 Å². The molecule has 29 heavy (non-hydrogen) atoms. The molecule has 5 nitrogen and oxygen atoms in total. The molecule has 1 aromatic heterocycles. The molecule has 0 saturated carbocycles. The normalized spacial score (nSPS) is 13.6. The van der Waals surface area contributed by atoms with Crippen LogP contribution < -0.4 is 4.90 Å². The highest BCUT2D eigenvalue weighted by Crippen LogP contribution is 2.20. The Morgan fingerprint density at radius 1 is 1.00 bits per heavy atom. The van der Waals surface area contributed by atoms with E-state index in [0.29, 0.717) is 18.1 Å². The molecule has 0 bridgehead atoms. The number of carbonyl (C=O) groups is 1. The van der Waals surface area contributed by atoms with Crippen molar-refractivity contribution in [3.63, 3.8) is 0 Å². The van der Waals surface area contributed by atoms with Crippen LogP contribution in [0.2, 0.25) is 0 Å². The first-order valence-electron chi connectivity index (χ1n) is 10.1. The molecular weight excluding hydrogens is 362 g/mol. The second-order valence-electron chi connectivity index (χ2n) is 7.52. The fourth-order valence-electron chi connectivity index (χ4n) is 3.94. The van der Waals surface area contributed by atoms with Crippen LogP contribution in [0.1, 0.15) is 38.3 Å². The van der Waals surface area contributed by atoms with Gasteiger partial charge in [-0.15, -0.1) is 0 Å². The van der Waals surface area contributed by atoms with Gasteiger partial charge in [0.15, 0.2) is 0 Å². The number of fused-ring (bicyclic) bond motifs is 1. The van der Waals surface area contributed by atoms with Gasteiger partial charge in [-0.1, -0.05) is 48.5 Å². The van der Waals surface area contributed by atoms with E-state index in [0.717, 1.165) is 32.4 Å². The van der Waals surface area contributed by atoms with E-state index >= 15 is 0 Å². The van der Waals surface area contributed by atoms with E-state index in [9.17, 15) is 9.90 Å². The monoisotopic (exact) mass is 387 g/mol. The van der Waals surface area contributed by atoms with Gasteiger partial charge in [0, 0.05) is 19.3 Å². The first-order chi connectivity index (χ1) is 14.1. The van der Waals surface area contributed by atoms with Gasteiger partial charge in [-0.25, -0.2) is 14.8 Å². The zero-order valence-corrected chi connectivity index (χ0v) is 16.6. The molecule has 1 N–H and O–H groups in total. The van der Waals surface area contributed by atoms with Crippen molar-refractivity contribution in [3.05, 3.63) is 88.2 Å². The lowest BCUT2D eigenvalue weighted by atomic mass is 10.0. The van der Waals surface area contributed by atoms with Crippen LogP contribution in [0.15, 0.2) is 54.7 Å². The van der Waals surface area contributed by atoms with Crippen molar-refractivity contribution in [2.24, 2.45) is 0 Å². The number of aromatic nitrogens is 2. The second kappa shape index (κ2) is 8.43. The summed E-state index contributed by atoms with van der Waals surface area (Å²) in [7, 11) is 0. The second-order valence-corrected chi connectivity index (χ2v) is 7.52. The Hall–Kier alpha value is -3.21. The molecule has 0 spiro atoms. The lowest BCUT2D eigenvalue weighted by molar-refractivity contribution is 0.0694. The van der Waals surface area contributed by atoms with E-state index in [2.05, 4.69) is 53.2 Å². The molecule has 4 rings (SSSR count). The average molecular weight is 387 g/mol. The number of hydrogen-bond acceptors (Lipinski definition) is 4. The summed E-state index contributed by atoms with van der Waals surface area (Å²) >= 11 is 0. The number of aryl methyl sites for hydroxylation is 3. The Morgan fingerprint density at radius 3 is 2.31 bits per heavy atom. The van der Waals surface area contributed by atoms with Gasteiger partial charge >= 0.3 is 5.97 Å². The summed E-state index contributed by atoms with van der Waals surface area (Å²) in [6.07, 6.45) is 4.69. The summed E-state index contributed by atoms with van der Waals surface area (Å²) in [5.41, 5.74) is 5.97. The Balaban J connectivity index is 1.56. The Morgan fingerprint density at radius 2 is 1.66 bits per heavy atom. The highest BCUT2D eigenvalue weighted by Gasteiger charge is 2.19. The van der Waals surface area contributed by atoms with Crippen LogP contribution in [0.5, 0.6) is 0 Å². The zero-order chi connectivity index (χ0) is 20.2. The van der Waals surface area contributed by atoms with Crippen molar-refractivity contribution < 1.29 is 9.90 Å². The number of anilines is 1. The smallest absolute Gasteiger partial charge is 0.339 e. The van der Waals surface area contributed by atoms with E-state index in [1.807, 2.05) is 12.1 Å². The zero-order valence-electron chi connectivity index (χ0n) is 16.6. The lowest BCUT2D eigenvalue weighted by Gasteiger charge is -2.21. The Labute approximate surface area is 171 Å². The van der Waals surface area contributed by atoms with E-state index in [1.54, 1.807) is 0 Å². The molecule has 148 valence electrons. The van der Waals surface area contributed by atoms with E-state index in [-0.39, 0.29) is 5.56 Å². The van der Waals surface area contributed by atoms with Gasteiger partial charge in [0.25, 0.3) is 0 Å². The highest BCUT2D eigenvalue weighted by atomic mass is 16.4. The first kappa shape index (κ1) is 19.1. The van der Waals surface area contributed by atoms with Crippen LogP contribution >= 0.6 is 0 Å². The summed E-state index contributed by atoms with van der Waals surface area (Å²) in [6, 6.07) is 16.7. The third-order valence-electron chi connectivity index (χ3n) is 5.68. The fraction of sp³-hybridized carbons (Fsp3) is 0.292. The number of carboxylic acid groups (broad SMARTS) is 1. The summed E-state index contributed by atoms with van der Waals surface area (Å²) in [5.74, 6) is -0.345. The number of benzene rings is 2. The number of aromatic carboxylic acids is 1. The van der Waals surface area contributed by atoms with Gasteiger partial charge < -0.3 is 10.0 Å². The molecule has 3 aromatic rings. The summed E-state index contributed by atoms with van der Waals surface area (Å²) < 4.78 is 0. The van der Waals surface area contributed by atoms with Crippen LogP contribution in [0.25, 0.3) is 0 Å². The van der Waals surface area contributed by atoms with Gasteiger partial charge in [0.1, 0.15) is 0 Å². The molecule has 0 aliphatic carbocycles. The van der Waals surface area contributed by atoms with Crippen molar-refractivity contribution in [2.75, 3.05) is 18.0 Å². The Bertz CT molecular complexity index is 1010. The van der Waals surface area contributed by atoms with Crippen LogP contribution in [0.4, 0.5) is 5.95 Å². The largest absolute Gasteiger partial charge is 0.478 e. The fourth-order valence-corrected chi connectivity index (χ4v) is 3.94. The molecule has 5 heteroatoms. The minimum absolute atomic E-state index is 0.195. The predicted octanol–water partition coefficient (Wildman–Crippen LogP) is 3.87. The highest BCUT2D eigenvalue weighted by molar-refractivity contribution is 5.88. The van der Waals surface area contributed by atoms with Crippen molar-refractivity contribution in [3.8, 4) is 0 Å². The van der Waals surface area contributed by atoms with Gasteiger partial charge in [-0.2, -0.15) is 0 Å². The molecular formula is C24H25N3O2. The van der Waals surface area contributed by atoms with Crippen LogP contribution in [-0.2, 0) is 25.7 Å². The van der Waals surface area contributed by atoms with Crippen molar-refractivity contribution in [2.45, 2.75) is 32.6 Å². The number of carboxylic acids is 1. The van der Waals surface area contributed by atoms with Crippen molar-refractivity contribution in [1.82, 2.24) is 9.97 Å². The minimum atomic E-state index is -0.973. The maximum atomic E-state index is 11.7. The number of nitrogens with zero attached hydrogens (tertiary/aromatic N) is 3. The number of rotatable bonds is 5. The summed E-state index contributed by atoms with van der Waals surface area (Å²) in [6.45, 7) is 3.75. The van der Waals surface area contributed by atoms with E-state index < -0.39 is 5.97 Å². The van der Waals surface area contributed by atoms with E-state index in [1.165, 1.54) is 28.5 Å². The maximum Gasteiger partial charge on any atom is 0.339 e. The van der Waals surface area contributed by atoms with Gasteiger partial charge in [-0.3, -0.25) is 0 Å². The molecule has 2 heterocycles. The average Bonchev–Trinajstić information content (AvgIpc) is 2.96.